The van der Waals surface area contributed by atoms with Crippen LogP contribution in [0.3, 0.4) is 0 Å². The van der Waals surface area contributed by atoms with Crippen molar-refractivity contribution in [3.8, 4) is 0 Å². The molecule has 0 saturated heterocycles. The molecule has 13 heavy (non-hydrogen) atoms. The van der Waals surface area contributed by atoms with Crippen LogP contribution in [0.15, 0.2) is 6.20 Å². The molecule has 1 N–H and O–H groups in total. The Balaban J connectivity index is 2.44. The first-order valence-corrected chi connectivity index (χ1v) is 4.35. The number of hydrogen-bond acceptors (Lipinski definition) is 2. The van der Waals surface area contributed by atoms with Gasteiger partial charge in [0.2, 0.25) is 0 Å². The summed E-state index contributed by atoms with van der Waals surface area (Å²) in [5, 5.41) is 13.2. The molecule has 1 aromatic rings. The van der Waals surface area contributed by atoms with Crippen LogP contribution in [0, 0.1) is 5.92 Å². The molecule has 0 radical (unpaired) electrons. The Morgan fingerprint density at radius 1 is 1.77 bits per heavy atom. The van der Waals surface area contributed by atoms with Crippen molar-refractivity contribution in [3.63, 3.8) is 0 Å². The quantitative estimate of drug-likeness (QED) is 0.694. The molecule has 1 aliphatic carbocycles. The Bertz CT molecular complexity index is 356. The van der Waals surface area contributed by atoms with Gasteiger partial charge in [-0.2, -0.15) is 5.10 Å². The highest BCUT2D eigenvalue weighted by atomic mass is 16.4. The lowest BCUT2D eigenvalue weighted by Gasteiger charge is -2.09. The first-order valence-electron chi connectivity index (χ1n) is 4.35. The molecule has 1 aliphatic rings. The molecular weight excluding hydrogens is 168 g/mol. The maximum Gasteiger partial charge on any atom is 0.311 e. The molecule has 1 heterocycles. The van der Waals surface area contributed by atoms with Crippen LogP contribution in [-0.2, 0) is 18.3 Å². The predicted molar refractivity (Wildman–Crippen MR) is 46.5 cm³/mol. The molecule has 1 aromatic heterocycles. The minimum atomic E-state index is -0.737. The third kappa shape index (κ3) is 1.13. The van der Waals surface area contributed by atoms with Gasteiger partial charge in [0.05, 0.1) is 11.6 Å². The van der Waals surface area contributed by atoms with Crippen molar-refractivity contribution in [1.82, 2.24) is 9.78 Å². The molecule has 4 nitrogen and oxygen atoms in total. The van der Waals surface area contributed by atoms with Crippen LogP contribution in [0.2, 0.25) is 0 Å². The Morgan fingerprint density at radius 3 is 3.08 bits per heavy atom. The molecule has 0 saturated carbocycles. The van der Waals surface area contributed by atoms with Crippen LogP contribution < -0.4 is 0 Å². The summed E-state index contributed by atoms with van der Waals surface area (Å²) in [6.07, 6.45) is 2.60. The van der Waals surface area contributed by atoms with E-state index in [1.165, 1.54) is 0 Å². The standard InChI is InChI=1S/C9H12N2O2/c1-5-3-7-6(4-11(2)10-7)8(5)9(12)13/h4-5,8H,3H2,1-2H3,(H,12,13). The second-order valence-corrected chi connectivity index (χ2v) is 3.70. The topological polar surface area (TPSA) is 55.1 Å². The van der Waals surface area contributed by atoms with E-state index in [4.69, 9.17) is 5.11 Å². The lowest BCUT2D eigenvalue weighted by atomic mass is 9.95. The van der Waals surface area contributed by atoms with Crippen molar-refractivity contribution in [2.24, 2.45) is 13.0 Å². The number of fused-ring (bicyclic) bond motifs is 1. The van der Waals surface area contributed by atoms with E-state index in [1.807, 2.05) is 20.2 Å². The Kier molecular flexibility index (Phi) is 1.65. The molecule has 0 amide bonds. The normalized spacial score (nSPS) is 26.0. The summed E-state index contributed by atoms with van der Waals surface area (Å²) < 4.78 is 1.69. The van der Waals surface area contributed by atoms with Crippen molar-refractivity contribution < 1.29 is 9.90 Å². The smallest absolute Gasteiger partial charge is 0.311 e. The number of carbonyl (C=O) groups is 1. The lowest BCUT2D eigenvalue weighted by molar-refractivity contribution is -0.139. The second kappa shape index (κ2) is 2.58. The predicted octanol–water partition coefficient (Wildman–Crippen LogP) is 0.780. The first-order chi connectivity index (χ1) is 6.09. The van der Waals surface area contributed by atoms with Gasteiger partial charge in [-0.05, 0) is 12.3 Å². The molecule has 2 atom stereocenters. The van der Waals surface area contributed by atoms with Gasteiger partial charge in [-0.15, -0.1) is 0 Å². The molecule has 2 unspecified atom stereocenters. The van der Waals surface area contributed by atoms with Crippen molar-refractivity contribution in [2.45, 2.75) is 19.3 Å². The number of rotatable bonds is 1. The molecular formula is C9H12N2O2. The first kappa shape index (κ1) is 8.29. The van der Waals surface area contributed by atoms with Crippen LogP contribution in [-0.4, -0.2) is 20.9 Å². The van der Waals surface area contributed by atoms with Gasteiger partial charge in [0.1, 0.15) is 0 Å². The van der Waals surface area contributed by atoms with E-state index in [2.05, 4.69) is 5.10 Å². The zero-order chi connectivity index (χ0) is 9.59. The van der Waals surface area contributed by atoms with Gasteiger partial charge >= 0.3 is 5.97 Å². The summed E-state index contributed by atoms with van der Waals surface area (Å²) in [4.78, 5) is 10.9. The lowest BCUT2D eigenvalue weighted by Crippen LogP contribution is -2.15. The van der Waals surface area contributed by atoms with Gasteiger partial charge in [0.25, 0.3) is 0 Å². The summed E-state index contributed by atoms with van der Waals surface area (Å²) in [5.74, 6) is -0.917. The van der Waals surface area contributed by atoms with E-state index >= 15 is 0 Å². The largest absolute Gasteiger partial charge is 0.481 e. The average Bonchev–Trinajstić information content (AvgIpc) is 2.41. The van der Waals surface area contributed by atoms with Gasteiger partial charge in [0, 0.05) is 18.8 Å². The number of aryl methyl sites for hydroxylation is 1. The van der Waals surface area contributed by atoms with Gasteiger partial charge in [-0.25, -0.2) is 0 Å². The minimum Gasteiger partial charge on any atom is -0.481 e. The fourth-order valence-corrected chi connectivity index (χ4v) is 2.08. The van der Waals surface area contributed by atoms with Crippen LogP contribution >= 0.6 is 0 Å². The highest BCUT2D eigenvalue weighted by molar-refractivity contribution is 5.77. The maximum absolute atomic E-state index is 10.9. The summed E-state index contributed by atoms with van der Waals surface area (Å²) in [5.41, 5.74) is 1.84. The number of aromatic nitrogens is 2. The Labute approximate surface area is 76.2 Å². The number of carboxylic acid groups (broad SMARTS) is 1. The molecule has 0 aromatic carbocycles. The highest BCUT2D eigenvalue weighted by Crippen LogP contribution is 2.36. The average molecular weight is 180 g/mol. The number of hydrogen-bond donors (Lipinski definition) is 1. The Hall–Kier alpha value is -1.32. The van der Waals surface area contributed by atoms with E-state index in [9.17, 15) is 4.79 Å². The molecule has 0 bridgehead atoms. The second-order valence-electron chi connectivity index (χ2n) is 3.70. The summed E-state index contributed by atoms with van der Waals surface area (Å²) in [6.45, 7) is 1.96. The monoisotopic (exact) mass is 180 g/mol. The van der Waals surface area contributed by atoms with Gasteiger partial charge in [-0.1, -0.05) is 6.92 Å². The number of nitrogens with zero attached hydrogens (tertiary/aromatic N) is 2. The van der Waals surface area contributed by atoms with E-state index in [1.54, 1.807) is 4.68 Å². The van der Waals surface area contributed by atoms with Gasteiger partial charge < -0.3 is 5.11 Å². The van der Waals surface area contributed by atoms with Crippen LogP contribution in [0.1, 0.15) is 24.1 Å². The zero-order valence-corrected chi connectivity index (χ0v) is 7.69. The highest BCUT2D eigenvalue weighted by Gasteiger charge is 2.36. The van der Waals surface area contributed by atoms with Crippen molar-refractivity contribution in [3.05, 3.63) is 17.5 Å². The van der Waals surface area contributed by atoms with E-state index in [0.717, 1.165) is 17.7 Å². The Morgan fingerprint density at radius 2 is 2.46 bits per heavy atom. The molecule has 70 valence electrons. The maximum atomic E-state index is 10.9. The van der Waals surface area contributed by atoms with Crippen molar-refractivity contribution >= 4 is 5.97 Å². The summed E-state index contributed by atoms with van der Waals surface area (Å²) in [7, 11) is 1.82. The summed E-state index contributed by atoms with van der Waals surface area (Å²) in [6, 6.07) is 0. The van der Waals surface area contributed by atoms with E-state index in [-0.39, 0.29) is 11.8 Å². The summed E-state index contributed by atoms with van der Waals surface area (Å²) >= 11 is 0. The molecule has 0 spiro atoms. The molecule has 0 aliphatic heterocycles. The zero-order valence-electron chi connectivity index (χ0n) is 7.69. The number of aliphatic carboxylic acids is 1. The van der Waals surface area contributed by atoms with Crippen LogP contribution in [0.25, 0.3) is 0 Å². The van der Waals surface area contributed by atoms with Crippen LogP contribution in [0.5, 0.6) is 0 Å². The van der Waals surface area contributed by atoms with Crippen LogP contribution in [0.4, 0.5) is 0 Å². The molecule has 0 fully saturated rings. The van der Waals surface area contributed by atoms with Crippen molar-refractivity contribution in [1.29, 1.82) is 0 Å². The third-order valence-corrected chi connectivity index (χ3v) is 2.62. The number of carboxylic acids is 1. The van der Waals surface area contributed by atoms with Crippen molar-refractivity contribution in [2.75, 3.05) is 0 Å². The van der Waals surface area contributed by atoms with E-state index in [0.29, 0.717) is 0 Å². The fraction of sp³-hybridized carbons (Fsp3) is 0.556. The fourth-order valence-electron chi connectivity index (χ4n) is 2.08. The third-order valence-electron chi connectivity index (χ3n) is 2.62. The van der Waals surface area contributed by atoms with E-state index < -0.39 is 5.97 Å². The molecule has 2 rings (SSSR count). The minimum absolute atomic E-state index is 0.177. The SMILES string of the molecule is CC1Cc2nn(C)cc2C1C(=O)O. The molecule has 4 heteroatoms. The van der Waals surface area contributed by atoms with Gasteiger partial charge in [0.15, 0.2) is 0 Å². The van der Waals surface area contributed by atoms with Gasteiger partial charge in [-0.3, -0.25) is 9.48 Å².